The van der Waals surface area contributed by atoms with E-state index in [-0.39, 0.29) is 11.5 Å². The number of nitrogens with zero attached hydrogens (tertiary/aromatic N) is 2. The number of anilines is 1. The predicted octanol–water partition coefficient (Wildman–Crippen LogP) is 3.51. The van der Waals surface area contributed by atoms with Crippen molar-refractivity contribution in [1.29, 1.82) is 0 Å². The molecule has 1 amide bonds. The van der Waals surface area contributed by atoms with Crippen molar-refractivity contribution in [3.63, 3.8) is 0 Å². The number of amides is 1. The van der Waals surface area contributed by atoms with Gasteiger partial charge in [-0.3, -0.25) is 9.10 Å². The van der Waals surface area contributed by atoms with E-state index in [0.717, 1.165) is 21.0 Å². The molecule has 10 heteroatoms. The summed E-state index contributed by atoms with van der Waals surface area (Å²) in [5, 5.41) is 3.95. The molecule has 0 atom stereocenters. The molecule has 194 valence electrons. The van der Waals surface area contributed by atoms with E-state index in [1.165, 1.54) is 25.5 Å². The molecule has 0 heterocycles. The van der Waals surface area contributed by atoms with E-state index in [2.05, 4.69) is 15.3 Å². The zero-order valence-corrected chi connectivity index (χ0v) is 21.9. The Morgan fingerprint density at radius 1 is 0.946 bits per heavy atom. The van der Waals surface area contributed by atoms with Gasteiger partial charge in [-0.05, 0) is 73.9 Å². The number of nitrogens with one attached hydrogen (secondary N) is 1. The largest absolute Gasteiger partial charge is 0.482 e. The maximum atomic E-state index is 13.5. The number of sulfonamides is 1. The van der Waals surface area contributed by atoms with E-state index in [1.807, 2.05) is 26.8 Å². The van der Waals surface area contributed by atoms with Crippen molar-refractivity contribution in [3.05, 3.63) is 89.0 Å². The van der Waals surface area contributed by atoms with Gasteiger partial charge >= 0.3 is 5.97 Å². The first-order valence-corrected chi connectivity index (χ1v) is 12.8. The number of hydrazone groups is 1. The molecule has 3 aromatic rings. The summed E-state index contributed by atoms with van der Waals surface area (Å²) in [5.74, 6) is -0.713. The van der Waals surface area contributed by atoms with Crippen LogP contribution in [0.3, 0.4) is 0 Å². The molecule has 1 N–H and O–H groups in total. The molecule has 0 radical (unpaired) electrons. The molecule has 0 spiro atoms. The number of esters is 1. The molecule has 0 aliphatic heterocycles. The van der Waals surface area contributed by atoms with Crippen molar-refractivity contribution in [2.24, 2.45) is 5.10 Å². The predicted molar refractivity (Wildman–Crippen MR) is 141 cm³/mol. The smallest absolute Gasteiger partial charge is 0.343 e. The van der Waals surface area contributed by atoms with Crippen molar-refractivity contribution in [2.45, 2.75) is 25.7 Å². The molecule has 3 aromatic carbocycles. The second-order valence-electron chi connectivity index (χ2n) is 8.40. The summed E-state index contributed by atoms with van der Waals surface area (Å²) < 4.78 is 38.0. The molecular weight excluding hydrogens is 494 g/mol. The molecule has 0 bridgehead atoms. The van der Waals surface area contributed by atoms with Gasteiger partial charge in [0.05, 0.1) is 23.9 Å². The van der Waals surface area contributed by atoms with Crippen LogP contribution in [0.2, 0.25) is 0 Å². The maximum Gasteiger partial charge on any atom is 0.343 e. The lowest BCUT2D eigenvalue weighted by molar-refractivity contribution is -0.142. The zero-order chi connectivity index (χ0) is 27.0. The van der Waals surface area contributed by atoms with Crippen molar-refractivity contribution in [3.8, 4) is 5.75 Å². The van der Waals surface area contributed by atoms with E-state index in [9.17, 15) is 18.0 Å². The van der Waals surface area contributed by atoms with Crippen molar-refractivity contribution >= 4 is 33.8 Å². The minimum Gasteiger partial charge on any atom is -0.482 e. The lowest BCUT2D eigenvalue weighted by Crippen LogP contribution is -2.39. The number of hydrogen-bond donors (Lipinski definition) is 1. The Hall–Kier alpha value is -4.18. The van der Waals surface area contributed by atoms with Crippen LogP contribution >= 0.6 is 0 Å². The Morgan fingerprint density at radius 3 is 2.27 bits per heavy atom. The first-order chi connectivity index (χ1) is 17.6. The molecule has 0 aliphatic rings. The number of hydrogen-bond acceptors (Lipinski definition) is 7. The van der Waals surface area contributed by atoms with Gasteiger partial charge in [-0.1, -0.05) is 35.9 Å². The molecule has 0 aromatic heterocycles. The molecule has 0 aliphatic carbocycles. The van der Waals surface area contributed by atoms with E-state index in [1.54, 1.807) is 48.5 Å². The first-order valence-electron chi connectivity index (χ1n) is 11.4. The van der Waals surface area contributed by atoms with Crippen LogP contribution in [-0.4, -0.2) is 46.8 Å². The van der Waals surface area contributed by atoms with Crippen LogP contribution in [0.5, 0.6) is 5.75 Å². The highest BCUT2D eigenvalue weighted by Gasteiger charge is 2.27. The molecule has 9 nitrogen and oxygen atoms in total. The van der Waals surface area contributed by atoms with Gasteiger partial charge in [-0.2, -0.15) is 5.10 Å². The van der Waals surface area contributed by atoms with E-state index < -0.39 is 28.4 Å². The summed E-state index contributed by atoms with van der Waals surface area (Å²) in [6, 6.07) is 18.5. The average Bonchev–Trinajstić information content (AvgIpc) is 2.85. The second kappa shape index (κ2) is 12.2. The molecule has 0 saturated carbocycles. The Morgan fingerprint density at radius 2 is 1.62 bits per heavy atom. The molecule has 0 saturated heterocycles. The Labute approximate surface area is 216 Å². The average molecular weight is 524 g/mol. The van der Waals surface area contributed by atoms with Crippen LogP contribution in [0.1, 0.15) is 22.3 Å². The second-order valence-corrected chi connectivity index (χ2v) is 10.3. The molecular formula is C27H29N3O6S. The SMILES string of the molecule is COC(=O)COc1cccc(/C=N\NC(=O)CN(c2cc(C)cc(C)c2)S(=O)(=O)c2ccc(C)cc2)c1. The van der Waals surface area contributed by atoms with Crippen LogP contribution in [0.15, 0.2) is 76.7 Å². The zero-order valence-electron chi connectivity index (χ0n) is 21.1. The summed E-state index contributed by atoms with van der Waals surface area (Å²) in [6.45, 7) is 4.88. The fourth-order valence-electron chi connectivity index (χ4n) is 3.48. The van der Waals surface area contributed by atoms with Crippen LogP contribution in [0.25, 0.3) is 0 Å². The van der Waals surface area contributed by atoms with Gasteiger partial charge in [0, 0.05) is 0 Å². The number of carbonyl (C=O) groups excluding carboxylic acids is 2. The highest BCUT2D eigenvalue weighted by molar-refractivity contribution is 7.92. The fraction of sp³-hybridized carbons (Fsp3) is 0.222. The van der Waals surface area contributed by atoms with E-state index in [4.69, 9.17) is 4.74 Å². The highest BCUT2D eigenvalue weighted by atomic mass is 32.2. The Kier molecular flexibility index (Phi) is 9.02. The summed E-state index contributed by atoms with van der Waals surface area (Å²) in [7, 11) is -2.76. The molecule has 3 rings (SSSR count). The molecule has 0 unspecified atom stereocenters. The van der Waals surface area contributed by atoms with Gasteiger partial charge in [-0.15, -0.1) is 0 Å². The summed E-state index contributed by atoms with van der Waals surface area (Å²) in [4.78, 5) is 24.1. The van der Waals surface area contributed by atoms with Gasteiger partial charge in [-0.25, -0.2) is 18.6 Å². The van der Waals surface area contributed by atoms with Crippen molar-refractivity contribution in [2.75, 3.05) is 24.6 Å². The van der Waals surface area contributed by atoms with Gasteiger partial charge in [0.25, 0.3) is 15.9 Å². The number of methoxy groups -OCH3 is 1. The molecule has 0 fully saturated rings. The summed E-state index contributed by atoms with van der Waals surface area (Å²) in [6.07, 6.45) is 1.39. The molecule has 37 heavy (non-hydrogen) atoms. The third-order valence-corrected chi connectivity index (χ3v) is 7.02. The van der Waals surface area contributed by atoms with Gasteiger partial charge in [0.2, 0.25) is 0 Å². The van der Waals surface area contributed by atoms with E-state index >= 15 is 0 Å². The van der Waals surface area contributed by atoms with Crippen LogP contribution in [0.4, 0.5) is 5.69 Å². The first kappa shape index (κ1) is 27.4. The number of benzene rings is 3. The third-order valence-electron chi connectivity index (χ3n) is 5.24. The summed E-state index contributed by atoms with van der Waals surface area (Å²) >= 11 is 0. The maximum absolute atomic E-state index is 13.5. The standard InChI is InChI=1S/C27H29N3O6S/c1-19-8-10-25(11-9-19)37(33,34)30(23-13-20(2)12-21(3)14-23)17-26(31)29-28-16-22-6-5-7-24(15-22)36-18-27(32)35-4/h5-16H,17-18H2,1-4H3,(H,29,31)/b28-16-. The lowest BCUT2D eigenvalue weighted by atomic mass is 10.1. The number of rotatable bonds is 10. The van der Waals surface area contributed by atoms with Crippen LogP contribution in [0, 0.1) is 20.8 Å². The van der Waals surface area contributed by atoms with Gasteiger partial charge < -0.3 is 9.47 Å². The van der Waals surface area contributed by atoms with Gasteiger partial charge in [0.15, 0.2) is 6.61 Å². The highest BCUT2D eigenvalue weighted by Crippen LogP contribution is 2.26. The lowest BCUT2D eigenvalue weighted by Gasteiger charge is -2.24. The Balaban J connectivity index is 1.78. The topological polar surface area (TPSA) is 114 Å². The minimum absolute atomic E-state index is 0.0809. The quantitative estimate of drug-likeness (QED) is 0.247. The monoisotopic (exact) mass is 523 g/mol. The van der Waals surface area contributed by atoms with E-state index in [0.29, 0.717) is 17.0 Å². The van der Waals surface area contributed by atoms with Crippen LogP contribution in [-0.2, 0) is 24.3 Å². The third kappa shape index (κ3) is 7.65. The van der Waals surface area contributed by atoms with Crippen LogP contribution < -0.4 is 14.5 Å². The van der Waals surface area contributed by atoms with Crippen molar-refractivity contribution in [1.82, 2.24) is 5.43 Å². The Bertz CT molecular complexity index is 1380. The number of ether oxygens (including phenoxy) is 2. The van der Waals surface area contributed by atoms with Gasteiger partial charge in [0.1, 0.15) is 12.3 Å². The number of aryl methyl sites for hydroxylation is 3. The number of carbonyl (C=O) groups is 2. The fourth-order valence-corrected chi connectivity index (χ4v) is 4.88. The summed E-state index contributed by atoms with van der Waals surface area (Å²) in [5.41, 5.74) is 6.02. The minimum atomic E-state index is -4.03. The van der Waals surface area contributed by atoms with Crippen molar-refractivity contribution < 1.29 is 27.5 Å². The normalized spacial score (nSPS) is 11.2.